The van der Waals surface area contributed by atoms with Gasteiger partial charge in [0.2, 0.25) is 5.91 Å². The number of alkyl carbamates (subject to hydrolysis) is 1. The first-order valence-corrected chi connectivity index (χ1v) is 7.83. The average Bonchev–Trinajstić information content (AvgIpc) is 2.86. The van der Waals surface area contributed by atoms with E-state index in [2.05, 4.69) is 22.4 Å². The lowest BCUT2D eigenvalue weighted by Crippen LogP contribution is -2.49. The van der Waals surface area contributed by atoms with Gasteiger partial charge in [0.05, 0.1) is 6.04 Å². The molecule has 2 rings (SSSR count). The summed E-state index contributed by atoms with van der Waals surface area (Å²) in [4.78, 5) is 26.3. The third kappa shape index (κ3) is 4.56. The van der Waals surface area contributed by atoms with Crippen molar-refractivity contribution in [1.82, 2.24) is 10.2 Å². The second-order valence-corrected chi connectivity index (χ2v) is 6.81. The molecule has 118 valence electrons. The van der Waals surface area contributed by atoms with Crippen LogP contribution in [0.4, 0.5) is 4.79 Å². The summed E-state index contributed by atoms with van der Waals surface area (Å²) in [5, 5.41) is 2.38. The topological polar surface area (TPSA) is 58.6 Å². The highest BCUT2D eigenvalue weighted by molar-refractivity contribution is 5.95. The van der Waals surface area contributed by atoms with E-state index in [1.807, 2.05) is 0 Å². The van der Waals surface area contributed by atoms with Crippen LogP contribution >= 0.6 is 0 Å². The Bertz CT molecular complexity index is 426. The zero-order valence-electron chi connectivity index (χ0n) is 13.2. The SMILES string of the molecule is CC(C)(C)OC(=O)NC(=O)[C@@H]1CCCN1[C@H]1C=CCCC1. The van der Waals surface area contributed by atoms with E-state index in [9.17, 15) is 9.59 Å². The largest absolute Gasteiger partial charge is 0.444 e. The van der Waals surface area contributed by atoms with Gasteiger partial charge in [-0.2, -0.15) is 0 Å². The molecule has 0 aromatic heterocycles. The van der Waals surface area contributed by atoms with Gasteiger partial charge in [-0.25, -0.2) is 4.79 Å². The van der Waals surface area contributed by atoms with E-state index in [0.29, 0.717) is 6.04 Å². The number of imide groups is 1. The average molecular weight is 294 g/mol. The third-order valence-electron chi connectivity index (χ3n) is 3.88. The minimum Gasteiger partial charge on any atom is -0.444 e. The quantitative estimate of drug-likeness (QED) is 0.795. The van der Waals surface area contributed by atoms with E-state index in [1.54, 1.807) is 20.8 Å². The molecule has 2 aliphatic rings. The van der Waals surface area contributed by atoms with Crippen molar-refractivity contribution in [2.24, 2.45) is 0 Å². The molecule has 1 saturated heterocycles. The fourth-order valence-corrected chi connectivity index (χ4v) is 3.03. The number of ether oxygens (including phenoxy) is 1. The Morgan fingerprint density at radius 3 is 2.62 bits per heavy atom. The molecule has 21 heavy (non-hydrogen) atoms. The van der Waals surface area contributed by atoms with E-state index in [1.165, 1.54) is 0 Å². The van der Waals surface area contributed by atoms with Crippen LogP contribution in [0.1, 0.15) is 52.9 Å². The lowest BCUT2D eigenvalue weighted by Gasteiger charge is -2.32. The maximum Gasteiger partial charge on any atom is 0.414 e. The molecule has 1 aliphatic heterocycles. The molecule has 1 N–H and O–H groups in total. The molecule has 1 heterocycles. The number of carbonyl (C=O) groups excluding carboxylic acids is 2. The highest BCUT2D eigenvalue weighted by Crippen LogP contribution is 2.26. The molecule has 0 aromatic carbocycles. The smallest absolute Gasteiger partial charge is 0.414 e. The first-order valence-electron chi connectivity index (χ1n) is 7.83. The minimum absolute atomic E-state index is 0.217. The number of nitrogens with one attached hydrogen (secondary N) is 1. The number of carbonyl (C=O) groups is 2. The van der Waals surface area contributed by atoms with Gasteiger partial charge < -0.3 is 4.74 Å². The zero-order chi connectivity index (χ0) is 15.5. The van der Waals surface area contributed by atoms with Crippen LogP contribution in [-0.4, -0.2) is 41.1 Å². The van der Waals surface area contributed by atoms with Gasteiger partial charge in [0, 0.05) is 6.04 Å². The zero-order valence-corrected chi connectivity index (χ0v) is 13.2. The molecule has 0 bridgehead atoms. The van der Waals surface area contributed by atoms with Crippen LogP contribution in [0.15, 0.2) is 12.2 Å². The first kappa shape index (κ1) is 16.0. The van der Waals surface area contributed by atoms with E-state index in [4.69, 9.17) is 4.74 Å². The van der Waals surface area contributed by atoms with Crippen molar-refractivity contribution in [3.8, 4) is 0 Å². The standard InChI is InChI=1S/C16H26N2O3/c1-16(2,3)21-15(20)17-14(19)13-10-7-11-18(13)12-8-5-4-6-9-12/h5,8,12-13H,4,6-7,9-11H2,1-3H3,(H,17,19,20)/t12-,13-/m0/s1. The second-order valence-electron chi connectivity index (χ2n) is 6.81. The molecule has 5 nitrogen and oxygen atoms in total. The van der Waals surface area contributed by atoms with Crippen molar-refractivity contribution in [2.75, 3.05) is 6.54 Å². The van der Waals surface area contributed by atoms with Crippen LogP contribution < -0.4 is 5.32 Å². The summed E-state index contributed by atoms with van der Waals surface area (Å²) >= 11 is 0. The lowest BCUT2D eigenvalue weighted by atomic mass is 10.0. The van der Waals surface area contributed by atoms with Gasteiger partial charge in [-0.05, 0) is 59.4 Å². The van der Waals surface area contributed by atoms with Crippen LogP contribution in [0.5, 0.6) is 0 Å². The summed E-state index contributed by atoms with van der Waals surface area (Å²) in [5.74, 6) is -0.235. The number of hydrogen-bond acceptors (Lipinski definition) is 4. The molecule has 0 aromatic rings. The van der Waals surface area contributed by atoms with E-state index >= 15 is 0 Å². The van der Waals surface area contributed by atoms with Crippen molar-refractivity contribution in [1.29, 1.82) is 0 Å². The van der Waals surface area contributed by atoms with E-state index in [-0.39, 0.29) is 11.9 Å². The monoisotopic (exact) mass is 294 g/mol. The Morgan fingerprint density at radius 1 is 1.24 bits per heavy atom. The summed E-state index contributed by atoms with van der Waals surface area (Å²) in [6, 6.07) is 0.112. The maximum absolute atomic E-state index is 12.3. The highest BCUT2D eigenvalue weighted by Gasteiger charge is 2.35. The number of rotatable bonds is 2. The fourth-order valence-electron chi connectivity index (χ4n) is 3.03. The minimum atomic E-state index is -0.654. The molecule has 2 atom stereocenters. The molecule has 0 radical (unpaired) electrons. The summed E-state index contributed by atoms with van der Waals surface area (Å²) in [7, 11) is 0. The van der Waals surface area contributed by atoms with Crippen molar-refractivity contribution < 1.29 is 14.3 Å². The molecular formula is C16H26N2O3. The molecule has 5 heteroatoms. The predicted molar refractivity (Wildman–Crippen MR) is 80.9 cm³/mol. The molecular weight excluding hydrogens is 268 g/mol. The van der Waals surface area contributed by atoms with Crippen LogP contribution in [0.2, 0.25) is 0 Å². The van der Waals surface area contributed by atoms with Crippen LogP contribution in [0, 0.1) is 0 Å². The summed E-state index contributed by atoms with van der Waals surface area (Å²) in [6.45, 7) is 6.27. The number of hydrogen-bond donors (Lipinski definition) is 1. The van der Waals surface area contributed by atoms with Gasteiger partial charge >= 0.3 is 6.09 Å². The molecule has 2 amide bonds. The fraction of sp³-hybridized carbons (Fsp3) is 0.750. The van der Waals surface area contributed by atoms with E-state index in [0.717, 1.165) is 38.6 Å². The molecule has 1 fully saturated rings. The highest BCUT2D eigenvalue weighted by atomic mass is 16.6. The predicted octanol–water partition coefficient (Wildman–Crippen LogP) is 2.61. The maximum atomic E-state index is 12.3. The van der Waals surface area contributed by atoms with Crippen LogP contribution in [0.25, 0.3) is 0 Å². The van der Waals surface area contributed by atoms with Gasteiger partial charge in [0.15, 0.2) is 0 Å². The van der Waals surface area contributed by atoms with Gasteiger partial charge in [0.1, 0.15) is 5.60 Å². The summed E-state index contributed by atoms with van der Waals surface area (Å²) < 4.78 is 5.15. The molecule has 0 saturated carbocycles. The normalized spacial score (nSPS) is 26.6. The molecule has 0 unspecified atom stereocenters. The second kappa shape index (κ2) is 6.60. The Hall–Kier alpha value is -1.36. The molecule has 0 spiro atoms. The number of amides is 2. The van der Waals surface area contributed by atoms with Crippen molar-refractivity contribution in [2.45, 2.75) is 70.6 Å². The van der Waals surface area contributed by atoms with Crippen LogP contribution in [-0.2, 0) is 9.53 Å². The van der Waals surface area contributed by atoms with Gasteiger partial charge in [-0.3, -0.25) is 15.0 Å². The van der Waals surface area contributed by atoms with E-state index < -0.39 is 11.7 Å². The number of likely N-dealkylation sites (tertiary alicyclic amines) is 1. The van der Waals surface area contributed by atoms with Crippen molar-refractivity contribution >= 4 is 12.0 Å². The van der Waals surface area contributed by atoms with Crippen molar-refractivity contribution in [3.63, 3.8) is 0 Å². The summed E-state index contributed by atoms with van der Waals surface area (Å²) in [6.07, 6.45) is 8.91. The molecule has 1 aliphatic carbocycles. The van der Waals surface area contributed by atoms with Crippen LogP contribution in [0.3, 0.4) is 0 Å². The number of nitrogens with zero attached hydrogens (tertiary/aromatic N) is 1. The Morgan fingerprint density at radius 2 is 2.00 bits per heavy atom. The Kier molecular flexibility index (Phi) is 5.04. The number of allylic oxidation sites excluding steroid dienone is 1. The first-order chi connectivity index (χ1) is 9.87. The Labute approximate surface area is 126 Å². The van der Waals surface area contributed by atoms with Crippen molar-refractivity contribution in [3.05, 3.63) is 12.2 Å². The lowest BCUT2D eigenvalue weighted by molar-refractivity contribution is -0.125. The van der Waals surface area contributed by atoms with Gasteiger partial charge in [0.25, 0.3) is 0 Å². The summed E-state index contributed by atoms with van der Waals surface area (Å²) in [5.41, 5.74) is -0.591. The Balaban J connectivity index is 1.93. The third-order valence-corrected chi connectivity index (χ3v) is 3.88. The van der Waals surface area contributed by atoms with Gasteiger partial charge in [-0.15, -0.1) is 0 Å². The van der Waals surface area contributed by atoms with Gasteiger partial charge in [-0.1, -0.05) is 12.2 Å².